The highest BCUT2D eigenvalue weighted by molar-refractivity contribution is 5.94. The maximum absolute atomic E-state index is 11.9. The van der Waals surface area contributed by atoms with Crippen LogP contribution in [0.4, 0.5) is 0 Å². The molecule has 0 saturated carbocycles. The van der Waals surface area contributed by atoms with Crippen molar-refractivity contribution in [3.63, 3.8) is 0 Å². The molecule has 0 fully saturated rings. The van der Waals surface area contributed by atoms with Crippen molar-refractivity contribution in [2.75, 3.05) is 19.6 Å². The summed E-state index contributed by atoms with van der Waals surface area (Å²) < 4.78 is 4.92. The summed E-state index contributed by atoms with van der Waals surface area (Å²) in [5, 5.41) is 12.2. The Labute approximate surface area is 112 Å². The highest BCUT2D eigenvalue weighted by Gasteiger charge is 2.21. The third kappa shape index (κ3) is 5.13. The molecular weight excluding hydrogens is 248 g/mol. The van der Waals surface area contributed by atoms with E-state index in [1.54, 1.807) is 19.9 Å². The molecule has 0 aromatic carbocycles. The van der Waals surface area contributed by atoms with Crippen LogP contribution in [0, 0.1) is 0 Å². The summed E-state index contributed by atoms with van der Waals surface area (Å²) >= 11 is 0. The zero-order valence-corrected chi connectivity index (χ0v) is 11.5. The normalized spacial score (nSPS) is 11.2. The van der Waals surface area contributed by atoms with Gasteiger partial charge >= 0.3 is 0 Å². The highest BCUT2D eigenvalue weighted by atomic mass is 16.3. The van der Waals surface area contributed by atoms with E-state index in [-0.39, 0.29) is 24.8 Å². The van der Waals surface area contributed by atoms with Crippen LogP contribution in [0.2, 0.25) is 0 Å². The lowest BCUT2D eigenvalue weighted by Gasteiger charge is -2.28. The fourth-order valence-corrected chi connectivity index (χ4v) is 1.61. The molecule has 0 aliphatic carbocycles. The summed E-state index contributed by atoms with van der Waals surface area (Å²) in [6, 6.07) is 3.12. The van der Waals surface area contributed by atoms with Gasteiger partial charge in [-0.2, -0.15) is 0 Å². The smallest absolute Gasteiger partial charge is 0.287 e. The van der Waals surface area contributed by atoms with Gasteiger partial charge in [-0.3, -0.25) is 9.59 Å². The van der Waals surface area contributed by atoms with Gasteiger partial charge in [0.05, 0.1) is 18.4 Å². The van der Waals surface area contributed by atoms with Gasteiger partial charge < -0.3 is 19.7 Å². The van der Waals surface area contributed by atoms with Crippen LogP contribution >= 0.6 is 0 Å². The van der Waals surface area contributed by atoms with Gasteiger partial charge in [-0.25, -0.2) is 0 Å². The van der Waals surface area contributed by atoms with E-state index in [4.69, 9.17) is 4.42 Å². The van der Waals surface area contributed by atoms with Gasteiger partial charge in [0.2, 0.25) is 5.91 Å². The Kier molecular flexibility index (Phi) is 5.11. The molecule has 0 atom stereocenters. The maximum atomic E-state index is 11.9. The fraction of sp³-hybridized carbons (Fsp3) is 0.538. The summed E-state index contributed by atoms with van der Waals surface area (Å²) in [5.74, 6) is -0.513. The number of rotatable bonds is 6. The molecule has 1 aromatic rings. The number of furan rings is 1. The molecular formula is C13H20N2O4. The van der Waals surface area contributed by atoms with Crippen molar-refractivity contribution in [3.05, 3.63) is 24.2 Å². The van der Waals surface area contributed by atoms with Crippen LogP contribution in [0.15, 0.2) is 22.8 Å². The third-order valence-electron chi connectivity index (χ3n) is 2.46. The Balaban J connectivity index is 2.47. The fourth-order valence-electron chi connectivity index (χ4n) is 1.61. The minimum Gasteiger partial charge on any atom is -0.459 e. The molecule has 0 bridgehead atoms. The van der Waals surface area contributed by atoms with E-state index in [0.717, 1.165) is 0 Å². The van der Waals surface area contributed by atoms with E-state index in [1.807, 2.05) is 6.92 Å². The summed E-state index contributed by atoms with van der Waals surface area (Å²) in [6.07, 6.45) is 1.39. The van der Waals surface area contributed by atoms with Crippen molar-refractivity contribution in [2.24, 2.45) is 0 Å². The van der Waals surface area contributed by atoms with Crippen molar-refractivity contribution in [2.45, 2.75) is 26.4 Å². The molecule has 0 unspecified atom stereocenters. The molecule has 0 spiro atoms. The molecule has 6 nitrogen and oxygen atoms in total. The van der Waals surface area contributed by atoms with Gasteiger partial charge in [-0.05, 0) is 32.9 Å². The van der Waals surface area contributed by atoms with Crippen LogP contribution < -0.4 is 5.32 Å². The minimum atomic E-state index is -0.962. The van der Waals surface area contributed by atoms with Crippen molar-refractivity contribution >= 4 is 11.8 Å². The predicted molar refractivity (Wildman–Crippen MR) is 69.6 cm³/mol. The average Bonchev–Trinajstić information content (AvgIpc) is 2.85. The summed E-state index contributed by atoms with van der Waals surface area (Å²) in [4.78, 5) is 25.0. The molecule has 0 saturated heterocycles. The van der Waals surface area contributed by atoms with Crippen LogP contribution in [-0.2, 0) is 4.79 Å². The second kappa shape index (κ2) is 6.38. The van der Waals surface area contributed by atoms with Crippen LogP contribution in [-0.4, -0.2) is 47.1 Å². The molecule has 0 aliphatic rings. The Morgan fingerprint density at radius 2 is 2.16 bits per heavy atom. The van der Waals surface area contributed by atoms with Crippen LogP contribution in [0.3, 0.4) is 0 Å². The van der Waals surface area contributed by atoms with Gasteiger partial charge in [0.25, 0.3) is 5.91 Å². The highest BCUT2D eigenvalue weighted by Crippen LogP contribution is 2.05. The molecule has 0 radical (unpaired) electrons. The van der Waals surface area contributed by atoms with Crippen molar-refractivity contribution in [3.8, 4) is 0 Å². The zero-order valence-electron chi connectivity index (χ0n) is 11.5. The molecule has 1 aromatic heterocycles. The largest absolute Gasteiger partial charge is 0.459 e. The van der Waals surface area contributed by atoms with Crippen molar-refractivity contribution in [1.29, 1.82) is 0 Å². The molecule has 1 rings (SSSR count). The Morgan fingerprint density at radius 1 is 1.47 bits per heavy atom. The number of hydrogen-bond acceptors (Lipinski definition) is 4. The van der Waals surface area contributed by atoms with E-state index in [1.165, 1.54) is 17.2 Å². The zero-order chi connectivity index (χ0) is 14.5. The number of aliphatic hydroxyl groups is 1. The summed E-state index contributed by atoms with van der Waals surface area (Å²) in [7, 11) is 0. The predicted octanol–water partition coefficient (Wildman–Crippen LogP) is 0.629. The lowest BCUT2D eigenvalue weighted by atomic mass is 10.1. The first-order valence-corrected chi connectivity index (χ1v) is 6.15. The molecule has 2 amide bonds. The number of amides is 2. The molecule has 19 heavy (non-hydrogen) atoms. The second-order valence-electron chi connectivity index (χ2n) is 4.88. The monoisotopic (exact) mass is 268 g/mol. The lowest BCUT2D eigenvalue weighted by Crippen LogP contribution is -2.46. The number of hydrogen-bond donors (Lipinski definition) is 2. The standard InChI is InChI=1S/C13H20N2O4/c1-4-15(9-13(2,3)18)11(16)8-14-12(17)10-6-5-7-19-10/h5-7,18H,4,8-9H2,1-3H3,(H,14,17). The second-order valence-corrected chi connectivity index (χ2v) is 4.88. The van der Waals surface area contributed by atoms with Crippen LogP contribution in [0.5, 0.6) is 0 Å². The van der Waals surface area contributed by atoms with Gasteiger partial charge in [-0.15, -0.1) is 0 Å². The molecule has 106 valence electrons. The number of carbonyl (C=O) groups is 2. The van der Waals surface area contributed by atoms with E-state index in [0.29, 0.717) is 6.54 Å². The maximum Gasteiger partial charge on any atom is 0.287 e. The summed E-state index contributed by atoms with van der Waals surface area (Å²) in [5.41, 5.74) is -0.962. The Bertz CT molecular complexity index is 420. The number of nitrogens with zero attached hydrogens (tertiary/aromatic N) is 1. The molecule has 0 aliphatic heterocycles. The Hall–Kier alpha value is -1.82. The van der Waals surface area contributed by atoms with Gasteiger partial charge in [-0.1, -0.05) is 0 Å². The first kappa shape index (κ1) is 15.2. The lowest BCUT2D eigenvalue weighted by molar-refractivity contribution is -0.132. The number of likely N-dealkylation sites (N-methyl/N-ethyl adjacent to an activating group) is 1. The summed E-state index contributed by atoms with van der Waals surface area (Å²) in [6.45, 7) is 5.65. The van der Waals surface area contributed by atoms with Crippen LogP contribution in [0.1, 0.15) is 31.3 Å². The quantitative estimate of drug-likeness (QED) is 0.792. The first-order chi connectivity index (χ1) is 8.83. The molecule has 6 heteroatoms. The minimum absolute atomic E-state index is 0.122. The third-order valence-corrected chi connectivity index (χ3v) is 2.46. The van der Waals surface area contributed by atoms with E-state index < -0.39 is 11.5 Å². The van der Waals surface area contributed by atoms with Gasteiger partial charge in [0, 0.05) is 13.1 Å². The topological polar surface area (TPSA) is 82.8 Å². The van der Waals surface area contributed by atoms with E-state index in [2.05, 4.69) is 5.32 Å². The van der Waals surface area contributed by atoms with Gasteiger partial charge in [0.15, 0.2) is 5.76 Å². The van der Waals surface area contributed by atoms with E-state index in [9.17, 15) is 14.7 Å². The SMILES string of the molecule is CCN(CC(C)(C)O)C(=O)CNC(=O)c1ccco1. The van der Waals surface area contributed by atoms with Crippen molar-refractivity contribution in [1.82, 2.24) is 10.2 Å². The molecule has 2 N–H and O–H groups in total. The van der Waals surface area contributed by atoms with Gasteiger partial charge in [0.1, 0.15) is 0 Å². The average molecular weight is 268 g/mol. The number of nitrogens with one attached hydrogen (secondary N) is 1. The van der Waals surface area contributed by atoms with Crippen molar-refractivity contribution < 1.29 is 19.1 Å². The molecule has 1 heterocycles. The first-order valence-electron chi connectivity index (χ1n) is 6.15. The van der Waals surface area contributed by atoms with Crippen LogP contribution in [0.25, 0.3) is 0 Å². The Morgan fingerprint density at radius 3 is 2.63 bits per heavy atom. The van der Waals surface area contributed by atoms with E-state index >= 15 is 0 Å². The number of carbonyl (C=O) groups excluding carboxylic acids is 2.